The first-order valence-electron chi connectivity index (χ1n) is 4.10. The molecule has 68 valence electrons. The van der Waals surface area contributed by atoms with E-state index in [9.17, 15) is 4.79 Å². The fourth-order valence-corrected chi connectivity index (χ4v) is 1.03. The van der Waals surface area contributed by atoms with E-state index in [-0.39, 0.29) is 18.6 Å². The smallest absolute Gasteiger partial charge is 0.233 e. The molecule has 0 saturated heterocycles. The molecule has 0 fully saturated rings. The van der Waals surface area contributed by atoms with Crippen LogP contribution >= 0.6 is 0 Å². The van der Waals surface area contributed by atoms with Gasteiger partial charge in [-0.15, -0.1) is 0 Å². The number of nitrogens with two attached hydrogens (primary N) is 1. The van der Waals surface area contributed by atoms with Crippen molar-refractivity contribution in [2.24, 2.45) is 5.73 Å². The molecule has 0 spiro atoms. The number of allylic oxidation sites excluding steroid dienone is 1. The zero-order chi connectivity index (χ0) is 8.81. The van der Waals surface area contributed by atoms with E-state index in [4.69, 9.17) is 10.5 Å². The van der Waals surface area contributed by atoms with E-state index in [1.54, 1.807) is 6.26 Å². The summed E-state index contributed by atoms with van der Waals surface area (Å²) < 4.78 is 5.24. The minimum Gasteiger partial charge on any atom is -0.497 e. The zero-order valence-electron chi connectivity index (χ0n) is 6.95. The quantitative estimate of drug-likeness (QED) is 0.614. The molecule has 1 unspecified atom stereocenters. The van der Waals surface area contributed by atoms with Crippen LogP contribution in [-0.4, -0.2) is 25.1 Å². The topological polar surface area (TPSA) is 64.4 Å². The molecule has 1 amide bonds. The van der Waals surface area contributed by atoms with Gasteiger partial charge < -0.3 is 15.8 Å². The summed E-state index contributed by atoms with van der Waals surface area (Å²) in [6.45, 7) is 0.600. The predicted molar refractivity (Wildman–Crippen MR) is 45.3 cm³/mol. The molecule has 0 saturated carbocycles. The molecule has 0 aromatic rings. The molecular weight excluding hydrogens is 156 g/mol. The molecule has 0 aromatic heterocycles. The first-order valence-corrected chi connectivity index (χ1v) is 4.10. The van der Waals surface area contributed by atoms with Crippen molar-refractivity contribution < 1.29 is 9.53 Å². The lowest BCUT2D eigenvalue weighted by molar-refractivity contribution is -0.120. The summed E-state index contributed by atoms with van der Waals surface area (Å²) in [5.74, 6) is -0.131. The highest BCUT2D eigenvalue weighted by molar-refractivity contribution is 5.77. The highest BCUT2D eigenvalue weighted by Gasteiger charge is 2.10. The van der Waals surface area contributed by atoms with Crippen LogP contribution in [0.4, 0.5) is 0 Å². The van der Waals surface area contributed by atoms with Gasteiger partial charge in [-0.25, -0.2) is 0 Å². The Morgan fingerprint density at radius 3 is 3.17 bits per heavy atom. The van der Waals surface area contributed by atoms with Crippen molar-refractivity contribution in [3.63, 3.8) is 0 Å². The molecule has 1 rings (SSSR count). The maximum atomic E-state index is 10.7. The fraction of sp³-hybridized carbons (Fsp3) is 0.625. The number of carbonyl (C=O) groups is 1. The predicted octanol–water partition coefficient (Wildman–Crippen LogP) is -0.246. The van der Waals surface area contributed by atoms with Crippen LogP contribution in [0, 0.1) is 0 Å². The normalized spacial score (nSPS) is 21.6. The second-order valence-electron chi connectivity index (χ2n) is 2.72. The molecule has 0 aromatic carbocycles. The van der Waals surface area contributed by atoms with Gasteiger partial charge >= 0.3 is 0 Å². The van der Waals surface area contributed by atoms with Crippen LogP contribution in [0.5, 0.6) is 0 Å². The lowest BCUT2D eigenvalue weighted by atomic mass is 10.1. The Bertz CT molecular complexity index is 180. The number of nitrogens with one attached hydrogen (secondary N) is 1. The van der Waals surface area contributed by atoms with E-state index in [0.29, 0.717) is 6.54 Å². The fourth-order valence-electron chi connectivity index (χ4n) is 1.03. The molecule has 1 aliphatic heterocycles. The van der Waals surface area contributed by atoms with Crippen molar-refractivity contribution in [3.8, 4) is 0 Å². The van der Waals surface area contributed by atoms with E-state index in [1.807, 2.05) is 6.08 Å². The maximum absolute atomic E-state index is 10.7. The monoisotopic (exact) mass is 170 g/mol. The number of rotatable bonds is 3. The Hall–Kier alpha value is -1.03. The Kier molecular flexibility index (Phi) is 3.60. The number of hydrogen-bond acceptors (Lipinski definition) is 3. The van der Waals surface area contributed by atoms with Gasteiger partial charge in [0.15, 0.2) is 0 Å². The minimum absolute atomic E-state index is 0.0442. The molecule has 1 heterocycles. The van der Waals surface area contributed by atoms with Gasteiger partial charge in [0.1, 0.15) is 6.10 Å². The summed E-state index contributed by atoms with van der Waals surface area (Å²) in [5, 5.41) is 2.68. The van der Waals surface area contributed by atoms with Crippen LogP contribution in [0.1, 0.15) is 12.8 Å². The SMILES string of the molecule is NCC(=O)NCC1CCC=CO1. The van der Waals surface area contributed by atoms with E-state index < -0.39 is 0 Å². The van der Waals surface area contributed by atoms with Crippen molar-refractivity contribution in [2.75, 3.05) is 13.1 Å². The number of amides is 1. The molecule has 3 N–H and O–H groups in total. The molecule has 0 radical (unpaired) electrons. The van der Waals surface area contributed by atoms with Gasteiger partial charge in [-0.2, -0.15) is 0 Å². The van der Waals surface area contributed by atoms with E-state index in [0.717, 1.165) is 12.8 Å². The lowest BCUT2D eigenvalue weighted by Crippen LogP contribution is -2.37. The summed E-state index contributed by atoms with van der Waals surface area (Å²) >= 11 is 0. The molecule has 1 atom stereocenters. The first kappa shape index (κ1) is 9.06. The number of ether oxygens (including phenoxy) is 1. The van der Waals surface area contributed by atoms with Gasteiger partial charge in [-0.05, 0) is 18.9 Å². The van der Waals surface area contributed by atoms with Gasteiger partial charge in [-0.3, -0.25) is 4.79 Å². The van der Waals surface area contributed by atoms with Crippen molar-refractivity contribution in [1.82, 2.24) is 5.32 Å². The summed E-state index contributed by atoms with van der Waals surface area (Å²) in [4.78, 5) is 10.7. The van der Waals surface area contributed by atoms with Gasteiger partial charge in [0.25, 0.3) is 0 Å². The third kappa shape index (κ3) is 2.92. The van der Waals surface area contributed by atoms with Gasteiger partial charge in [0, 0.05) is 0 Å². The molecular formula is C8H14N2O2. The molecule has 4 nitrogen and oxygen atoms in total. The van der Waals surface area contributed by atoms with Crippen LogP contribution < -0.4 is 11.1 Å². The maximum Gasteiger partial charge on any atom is 0.233 e. The van der Waals surface area contributed by atoms with Crippen LogP contribution in [0.3, 0.4) is 0 Å². The Labute approximate surface area is 71.8 Å². The Morgan fingerprint density at radius 2 is 2.58 bits per heavy atom. The highest BCUT2D eigenvalue weighted by Crippen LogP contribution is 2.08. The van der Waals surface area contributed by atoms with Gasteiger partial charge in [0.2, 0.25) is 5.91 Å². The van der Waals surface area contributed by atoms with E-state index >= 15 is 0 Å². The summed E-state index contributed by atoms with van der Waals surface area (Å²) in [5.41, 5.74) is 5.12. The second kappa shape index (κ2) is 4.77. The third-order valence-corrected chi connectivity index (χ3v) is 1.73. The molecule has 12 heavy (non-hydrogen) atoms. The van der Waals surface area contributed by atoms with E-state index in [1.165, 1.54) is 0 Å². The van der Waals surface area contributed by atoms with E-state index in [2.05, 4.69) is 5.32 Å². The molecule has 0 bridgehead atoms. The number of hydrogen-bond donors (Lipinski definition) is 2. The van der Waals surface area contributed by atoms with Crippen molar-refractivity contribution in [3.05, 3.63) is 12.3 Å². The Balaban J connectivity index is 2.14. The summed E-state index contributed by atoms with van der Waals surface area (Å²) in [6.07, 6.45) is 5.75. The average molecular weight is 170 g/mol. The van der Waals surface area contributed by atoms with Crippen LogP contribution in [0.2, 0.25) is 0 Å². The summed E-state index contributed by atoms with van der Waals surface area (Å²) in [6, 6.07) is 0. The van der Waals surface area contributed by atoms with Crippen molar-refractivity contribution in [2.45, 2.75) is 18.9 Å². The second-order valence-corrected chi connectivity index (χ2v) is 2.72. The molecule has 1 aliphatic rings. The van der Waals surface area contributed by atoms with Crippen LogP contribution in [-0.2, 0) is 9.53 Å². The summed E-state index contributed by atoms with van der Waals surface area (Å²) in [7, 11) is 0. The van der Waals surface area contributed by atoms with Gasteiger partial charge in [-0.1, -0.05) is 0 Å². The van der Waals surface area contributed by atoms with Crippen molar-refractivity contribution >= 4 is 5.91 Å². The average Bonchev–Trinajstić information content (AvgIpc) is 2.16. The van der Waals surface area contributed by atoms with Crippen LogP contribution in [0.25, 0.3) is 0 Å². The van der Waals surface area contributed by atoms with Gasteiger partial charge in [0.05, 0.1) is 19.4 Å². The third-order valence-electron chi connectivity index (χ3n) is 1.73. The Morgan fingerprint density at radius 1 is 1.75 bits per heavy atom. The van der Waals surface area contributed by atoms with Crippen molar-refractivity contribution in [1.29, 1.82) is 0 Å². The molecule has 4 heteroatoms. The standard InChI is InChI=1S/C8H14N2O2/c9-5-8(11)10-6-7-3-1-2-4-12-7/h2,4,7H,1,3,5-6,9H2,(H,10,11). The largest absolute Gasteiger partial charge is 0.497 e. The lowest BCUT2D eigenvalue weighted by Gasteiger charge is -2.19. The highest BCUT2D eigenvalue weighted by atomic mass is 16.5. The minimum atomic E-state index is -0.131. The van der Waals surface area contributed by atoms with Crippen LogP contribution in [0.15, 0.2) is 12.3 Å². The molecule has 0 aliphatic carbocycles. The number of carbonyl (C=O) groups excluding carboxylic acids is 1. The first-order chi connectivity index (χ1) is 5.83. The zero-order valence-corrected chi connectivity index (χ0v) is 6.95.